The van der Waals surface area contributed by atoms with Gasteiger partial charge in [-0.2, -0.15) is 0 Å². The Morgan fingerprint density at radius 1 is 1.07 bits per heavy atom. The second-order valence-electron chi connectivity index (χ2n) is 7.01. The van der Waals surface area contributed by atoms with E-state index in [1.807, 2.05) is 24.3 Å². The van der Waals surface area contributed by atoms with E-state index >= 15 is 0 Å². The number of fused-ring (bicyclic) bond motifs is 2. The molecule has 1 spiro atoms. The van der Waals surface area contributed by atoms with Crippen molar-refractivity contribution in [2.45, 2.75) is 37.8 Å². The van der Waals surface area contributed by atoms with Crippen molar-refractivity contribution in [1.82, 2.24) is 10.2 Å². The first kappa shape index (κ1) is 17.2. The number of rotatable bonds is 3. The van der Waals surface area contributed by atoms with E-state index in [0.29, 0.717) is 12.0 Å². The highest BCUT2D eigenvalue weighted by Crippen LogP contribution is 2.39. The summed E-state index contributed by atoms with van der Waals surface area (Å²) in [6.07, 6.45) is 3.30. The monoisotopic (exact) mass is 365 g/mol. The van der Waals surface area contributed by atoms with Gasteiger partial charge in [0.15, 0.2) is 0 Å². The fourth-order valence-electron chi connectivity index (χ4n) is 4.02. The Hall–Kier alpha value is -3.22. The first-order chi connectivity index (χ1) is 13.0. The largest absolute Gasteiger partial charge is 0.325 e. The van der Waals surface area contributed by atoms with Crippen LogP contribution in [0.4, 0.5) is 10.5 Å². The number of nitro benzene ring substituents is 1. The van der Waals surface area contributed by atoms with E-state index < -0.39 is 16.5 Å². The maximum Gasteiger partial charge on any atom is 0.325 e. The summed E-state index contributed by atoms with van der Waals surface area (Å²) in [4.78, 5) is 37.5. The van der Waals surface area contributed by atoms with E-state index in [1.54, 1.807) is 12.1 Å². The van der Waals surface area contributed by atoms with E-state index in [1.165, 1.54) is 17.0 Å². The highest BCUT2D eigenvalue weighted by molar-refractivity contribution is 6.07. The predicted molar refractivity (Wildman–Crippen MR) is 97.9 cm³/mol. The normalized spacial score (nSPS) is 21.7. The molecule has 4 rings (SSSR count). The van der Waals surface area contributed by atoms with Gasteiger partial charge in [-0.3, -0.25) is 19.8 Å². The van der Waals surface area contributed by atoms with Crippen LogP contribution in [0, 0.1) is 10.1 Å². The number of nitrogens with zero attached hydrogens (tertiary/aromatic N) is 2. The van der Waals surface area contributed by atoms with Crippen LogP contribution in [-0.2, 0) is 23.3 Å². The molecule has 27 heavy (non-hydrogen) atoms. The molecule has 1 atom stereocenters. The van der Waals surface area contributed by atoms with E-state index in [9.17, 15) is 19.7 Å². The predicted octanol–water partition coefficient (Wildman–Crippen LogP) is 3.27. The minimum Gasteiger partial charge on any atom is -0.319 e. The lowest BCUT2D eigenvalue weighted by molar-refractivity contribution is -0.384. The molecule has 1 heterocycles. The van der Waals surface area contributed by atoms with Crippen molar-refractivity contribution >= 4 is 17.6 Å². The Morgan fingerprint density at radius 2 is 1.81 bits per heavy atom. The quantitative estimate of drug-likeness (QED) is 0.513. The van der Waals surface area contributed by atoms with Crippen molar-refractivity contribution in [2.75, 3.05) is 0 Å². The number of amides is 3. The van der Waals surface area contributed by atoms with Crippen molar-refractivity contribution in [3.8, 4) is 0 Å². The number of aryl methyl sites for hydroxylation is 1. The number of non-ortho nitro benzene ring substituents is 1. The van der Waals surface area contributed by atoms with E-state index in [4.69, 9.17) is 0 Å². The second-order valence-corrected chi connectivity index (χ2v) is 7.01. The zero-order valence-electron chi connectivity index (χ0n) is 14.7. The summed E-state index contributed by atoms with van der Waals surface area (Å²) in [5.41, 5.74) is 1.62. The number of urea groups is 1. The summed E-state index contributed by atoms with van der Waals surface area (Å²) in [7, 11) is 0. The molecular weight excluding hydrogens is 346 g/mol. The number of benzene rings is 2. The minimum absolute atomic E-state index is 0.0230. The van der Waals surface area contributed by atoms with Crippen molar-refractivity contribution in [1.29, 1.82) is 0 Å². The number of hydrogen-bond acceptors (Lipinski definition) is 4. The third kappa shape index (κ3) is 2.85. The first-order valence-electron chi connectivity index (χ1n) is 8.97. The lowest BCUT2D eigenvalue weighted by Crippen LogP contribution is -2.44. The van der Waals surface area contributed by atoms with E-state index in [-0.39, 0.29) is 18.1 Å². The van der Waals surface area contributed by atoms with Crippen molar-refractivity contribution in [2.24, 2.45) is 0 Å². The van der Waals surface area contributed by atoms with Gasteiger partial charge < -0.3 is 5.32 Å². The summed E-state index contributed by atoms with van der Waals surface area (Å²) in [5, 5.41) is 13.7. The van der Waals surface area contributed by atoms with E-state index in [0.717, 1.165) is 30.4 Å². The standard InChI is InChI=1S/C20H19N3O4/c24-18-20(12-4-3-6-15-5-1-2-7-17(15)20)21-19(25)22(18)13-14-8-10-16(11-9-14)23(26)27/h1-2,5,7-11H,3-4,6,12-13H2,(H,21,25). The van der Waals surface area contributed by atoms with Crippen LogP contribution in [0.15, 0.2) is 48.5 Å². The smallest absolute Gasteiger partial charge is 0.319 e. The Bertz CT molecular complexity index is 925. The topological polar surface area (TPSA) is 92.6 Å². The third-order valence-electron chi connectivity index (χ3n) is 5.39. The number of nitrogens with one attached hydrogen (secondary N) is 1. The number of carbonyl (C=O) groups is 2. The third-order valence-corrected chi connectivity index (χ3v) is 5.39. The molecule has 7 nitrogen and oxygen atoms in total. The van der Waals surface area contributed by atoms with Crippen LogP contribution in [0.25, 0.3) is 0 Å². The average molecular weight is 365 g/mol. The number of nitro groups is 1. The molecule has 2 aromatic rings. The molecule has 2 aliphatic rings. The number of hydrogen-bond donors (Lipinski definition) is 1. The van der Waals surface area contributed by atoms with Gasteiger partial charge in [0.25, 0.3) is 11.6 Å². The van der Waals surface area contributed by atoms with Gasteiger partial charge >= 0.3 is 6.03 Å². The van der Waals surface area contributed by atoms with Gasteiger partial charge in [0.1, 0.15) is 5.54 Å². The van der Waals surface area contributed by atoms with Crippen LogP contribution in [0.3, 0.4) is 0 Å². The molecule has 0 saturated carbocycles. The van der Waals surface area contributed by atoms with Gasteiger partial charge in [-0.25, -0.2) is 4.79 Å². The summed E-state index contributed by atoms with van der Waals surface area (Å²) >= 11 is 0. The molecule has 0 aromatic heterocycles. The SMILES string of the molecule is O=C1NC2(CCCCc3ccccc32)C(=O)N1Cc1ccc([N+](=O)[O-])cc1. The molecule has 1 saturated heterocycles. The minimum atomic E-state index is -1.01. The van der Waals surface area contributed by atoms with E-state index in [2.05, 4.69) is 5.32 Å². The molecule has 1 aliphatic carbocycles. The number of imide groups is 1. The van der Waals surface area contributed by atoms with Crippen molar-refractivity contribution < 1.29 is 14.5 Å². The zero-order valence-corrected chi connectivity index (χ0v) is 14.7. The van der Waals surface area contributed by atoms with Crippen LogP contribution in [-0.4, -0.2) is 21.8 Å². The average Bonchev–Trinajstić information content (AvgIpc) is 2.82. The highest BCUT2D eigenvalue weighted by Gasteiger charge is 2.53. The fraction of sp³-hybridized carbons (Fsp3) is 0.300. The van der Waals surface area contributed by atoms with Crippen molar-refractivity contribution in [3.63, 3.8) is 0 Å². The maximum atomic E-state index is 13.3. The van der Waals surface area contributed by atoms with Crippen LogP contribution < -0.4 is 5.32 Å². The Labute approximate surface area is 156 Å². The molecule has 138 valence electrons. The fourth-order valence-corrected chi connectivity index (χ4v) is 4.02. The van der Waals surface area contributed by atoms with Crippen LogP contribution >= 0.6 is 0 Å². The lowest BCUT2D eigenvalue weighted by Gasteiger charge is -2.27. The summed E-state index contributed by atoms with van der Waals surface area (Å²) in [6, 6.07) is 13.3. The molecule has 7 heteroatoms. The molecule has 1 unspecified atom stereocenters. The van der Waals surface area contributed by atoms with Crippen LogP contribution in [0.2, 0.25) is 0 Å². The summed E-state index contributed by atoms with van der Waals surface area (Å²) in [6.45, 7) is 0.0899. The van der Waals surface area contributed by atoms with Crippen LogP contribution in [0.1, 0.15) is 36.0 Å². The van der Waals surface area contributed by atoms with Gasteiger partial charge in [-0.1, -0.05) is 36.4 Å². The Kier molecular flexibility index (Phi) is 4.14. The van der Waals surface area contributed by atoms with Gasteiger partial charge in [-0.05, 0) is 42.4 Å². The lowest BCUT2D eigenvalue weighted by atomic mass is 9.84. The van der Waals surface area contributed by atoms with Crippen LogP contribution in [0.5, 0.6) is 0 Å². The molecule has 3 amide bonds. The Balaban J connectivity index is 1.65. The molecule has 2 aromatic carbocycles. The zero-order chi connectivity index (χ0) is 19.0. The molecule has 1 N–H and O–H groups in total. The first-order valence-corrected chi connectivity index (χ1v) is 8.97. The van der Waals surface area contributed by atoms with Gasteiger partial charge in [0.05, 0.1) is 11.5 Å². The maximum absolute atomic E-state index is 13.3. The molecule has 0 radical (unpaired) electrons. The molecular formula is C20H19N3O4. The summed E-state index contributed by atoms with van der Waals surface area (Å²) < 4.78 is 0. The highest BCUT2D eigenvalue weighted by atomic mass is 16.6. The number of carbonyl (C=O) groups excluding carboxylic acids is 2. The van der Waals surface area contributed by atoms with Crippen molar-refractivity contribution in [3.05, 3.63) is 75.3 Å². The van der Waals surface area contributed by atoms with Gasteiger partial charge in [0, 0.05) is 12.1 Å². The molecule has 1 fully saturated rings. The van der Waals surface area contributed by atoms with Gasteiger partial charge in [0.2, 0.25) is 0 Å². The summed E-state index contributed by atoms with van der Waals surface area (Å²) in [5.74, 6) is -0.250. The Morgan fingerprint density at radius 3 is 2.56 bits per heavy atom. The van der Waals surface area contributed by atoms with Gasteiger partial charge in [-0.15, -0.1) is 0 Å². The molecule has 1 aliphatic heterocycles. The second kappa shape index (κ2) is 6.50. The molecule has 0 bridgehead atoms.